The van der Waals surface area contributed by atoms with Crippen LogP contribution in [0.5, 0.6) is 0 Å². The molecule has 0 aliphatic carbocycles. The summed E-state index contributed by atoms with van der Waals surface area (Å²) in [5.74, 6) is 1.07. The zero-order chi connectivity index (χ0) is 13.4. The van der Waals surface area contributed by atoms with Gasteiger partial charge in [-0.25, -0.2) is 4.98 Å². The molecule has 0 N–H and O–H groups in total. The van der Waals surface area contributed by atoms with Gasteiger partial charge in [-0.15, -0.1) is 11.3 Å². The Kier molecular flexibility index (Phi) is 2.90. The minimum Gasteiger partial charge on any atom is -0.337 e. The first-order valence-corrected chi connectivity index (χ1v) is 6.76. The van der Waals surface area contributed by atoms with E-state index in [4.69, 9.17) is 4.52 Å². The van der Waals surface area contributed by atoms with Gasteiger partial charge < -0.3 is 4.52 Å². The molecule has 0 saturated heterocycles. The molecule has 0 bridgehead atoms. The number of thiazole rings is 1. The van der Waals surface area contributed by atoms with Crippen molar-refractivity contribution in [2.75, 3.05) is 0 Å². The third-order valence-corrected chi connectivity index (χ3v) is 3.62. The summed E-state index contributed by atoms with van der Waals surface area (Å²) in [4.78, 5) is 8.68. The smallest absolute Gasteiger partial charge is 0.248 e. The molecule has 3 rings (SSSR count). The molecule has 0 aliphatic rings. The molecule has 0 aliphatic heterocycles. The Balaban J connectivity index is 1.84. The van der Waals surface area contributed by atoms with Crippen LogP contribution in [-0.2, 0) is 6.54 Å². The van der Waals surface area contributed by atoms with Crippen LogP contribution in [0.4, 0.5) is 0 Å². The summed E-state index contributed by atoms with van der Waals surface area (Å²) in [6, 6.07) is 2.02. The number of hydrogen-bond acceptors (Lipinski definition) is 6. The van der Waals surface area contributed by atoms with Crippen LogP contribution in [0.3, 0.4) is 0 Å². The average molecular weight is 275 g/mol. The summed E-state index contributed by atoms with van der Waals surface area (Å²) in [7, 11) is 0. The van der Waals surface area contributed by atoms with Crippen LogP contribution in [0, 0.1) is 20.8 Å². The fourth-order valence-corrected chi connectivity index (χ4v) is 2.55. The highest BCUT2D eigenvalue weighted by Gasteiger charge is 2.13. The van der Waals surface area contributed by atoms with Crippen LogP contribution in [0.2, 0.25) is 0 Å². The second-order valence-corrected chi connectivity index (χ2v) is 5.25. The van der Waals surface area contributed by atoms with E-state index in [1.54, 1.807) is 0 Å². The first-order valence-electron chi connectivity index (χ1n) is 5.88. The van der Waals surface area contributed by atoms with Gasteiger partial charge in [-0.2, -0.15) is 10.1 Å². The van der Waals surface area contributed by atoms with Crippen LogP contribution in [0.1, 0.15) is 23.0 Å². The van der Waals surface area contributed by atoms with E-state index in [1.165, 1.54) is 11.3 Å². The molecule has 19 heavy (non-hydrogen) atoms. The summed E-state index contributed by atoms with van der Waals surface area (Å²) in [5.41, 5.74) is 3.01. The van der Waals surface area contributed by atoms with Crippen molar-refractivity contribution in [2.45, 2.75) is 27.3 Å². The zero-order valence-electron chi connectivity index (χ0n) is 10.9. The molecule has 7 heteroatoms. The largest absolute Gasteiger partial charge is 0.337 e. The Bertz CT molecular complexity index is 711. The summed E-state index contributed by atoms with van der Waals surface area (Å²) in [6.07, 6.45) is 0. The number of hydrogen-bond donors (Lipinski definition) is 0. The van der Waals surface area contributed by atoms with Crippen molar-refractivity contribution in [1.82, 2.24) is 24.9 Å². The Morgan fingerprint density at radius 2 is 2.05 bits per heavy atom. The van der Waals surface area contributed by atoms with Gasteiger partial charge in [-0.05, 0) is 26.8 Å². The summed E-state index contributed by atoms with van der Waals surface area (Å²) in [6.45, 7) is 6.39. The highest BCUT2D eigenvalue weighted by Crippen LogP contribution is 2.20. The third kappa shape index (κ3) is 2.41. The highest BCUT2D eigenvalue weighted by molar-refractivity contribution is 7.13. The first kappa shape index (κ1) is 12.0. The number of rotatable bonds is 3. The predicted octanol–water partition coefficient (Wildman–Crippen LogP) is 2.36. The van der Waals surface area contributed by atoms with Crippen LogP contribution < -0.4 is 0 Å². The predicted molar refractivity (Wildman–Crippen MR) is 70.9 cm³/mol. The van der Waals surface area contributed by atoms with E-state index < -0.39 is 0 Å². The summed E-state index contributed by atoms with van der Waals surface area (Å²) < 4.78 is 7.09. The van der Waals surface area contributed by atoms with Crippen molar-refractivity contribution >= 4 is 11.3 Å². The van der Waals surface area contributed by atoms with E-state index in [0.717, 1.165) is 22.1 Å². The summed E-state index contributed by atoms with van der Waals surface area (Å²) >= 11 is 1.51. The lowest BCUT2D eigenvalue weighted by Gasteiger charge is -1.98. The Labute approximate surface area is 114 Å². The van der Waals surface area contributed by atoms with Gasteiger partial charge in [-0.1, -0.05) is 5.16 Å². The molecule has 0 saturated carbocycles. The van der Waals surface area contributed by atoms with E-state index in [2.05, 4.69) is 20.2 Å². The fourth-order valence-electron chi connectivity index (χ4n) is 1.83. The van der Waals surface area contributed by atoms with Crippen molar-refractivity contribution in [3.8, 4) is 10.8 Å². The molecule has 0 spiro atoms. The second kappa shape index (κ2) is 4.58. The minimum absolute atomic E-state index is 0.483. The van der Waals surface area contributed by atoms with Crippen molar-refractivity contribution < 1.29 is 4.52 Å². The van der Waals surface area contributed by atoms with E-state index in [0.29, 0.717) is 18.3 Å². The quantitative estimate of drug-likeness (QED) is 0.734. The van der Waals surface area contributed by atoms with Crippen molar-refractivity contribution in [1.29, 1.82) is 0 Å². The third-order valence-electron chi connectivity index (χ3n) is 2.67. The van der Waals surface area contributed by atoms with Crippen LogP contribution in [0.15, 0.2) is 16.0 Å². The van der Waals surface area contributed by atoms with Gasteiger partial charge in [0, 0.05) is 16.8 Å². The average Bonchev–Trinajstić information content (AvgIpc) is 3.02. The minimum atomic E-state index is 0.483. The highest BCUT2D eigenvalue weighted by atomic mass is 32.1. The number of aryl methyl sites for hydroxylation is 3. The van der Waals surface area contributed by atoms with E-state index in [-0.39, 0.29) is 0 Å². The lowest BCUT2D eigenvalue weighted by atomic mass is 10.4. The molecular weight excluding hydrogens is 262 g/mol. The van der Waals surface area contributed by atoms with Crippen LogP contribution in [0.25, 0.3) is 10.8 Å². The molecular formula is C12H13N5OS. The fraction of sp³-hybridized carbons (Fsp3) is 0.333. The maximum atomic E-state index is 5.24. The number of nitrogens with zero attached hydrogens (tertiary/aromatic N) is 5. The zero-order valence-corrected chi connectivity index (χ0v) is 11.7. The lowest BCUT2D eigenvalue weighted by Crippen LogP contribution is -2.04. The van der Waals surface area contributed by atoms with Gasteiger partial charge >= 0.3 is 0 Å². The molecule has 98 valence electrons. The molecule has 0 atom stereocenters. The molecule has 6 nitrogen and oxygen atoms in total. The molecule has 0 fully saturated rings. The van der Waals surface area contributed by atoms with E-state index >= 15 is 0 Å². The monoisotopic (exact) mass is 275 g/mol. The van der Waals surface area contributed by atoms with Crippen LogP contribution in [-0.4, -0.2) is 24.9 Å². The van der Waals surface area contributed by atoms with Gasteiger partial charge in [-0.3, -0.25) is 4.68 Å². The topological polar surface area (TPSA) is 69.6 Å². The maximum Gasteiger partial charge on any atom is 0.248 e. The standard InChI is InChI=1S/C12H13N5OS/c1-7-4-9(3)17(15-7)5-10-14-11(16-18-10)12-13-8(2)6-19-12/h4,6H,5H2,1-3H3. The van der Waals surface area contributed by atoms with E-state index in [9.17, 15) is 0 Å². The SMILES string of the molecule is Cc1csc(-c2noc(Cn3nc(C)cc3C)n2)n1. The maximum absolute atomic E-state index is 5.24. The molecule has 0 unspecified atom stereocenters. The summed E-state index contributed by atoms with van der Waals surface area (Å²) in [5, 5.41) is 11.1. The van der Waals surface area contributed by atoms with Crippen molar-refractivity contribution in [2.24, 2.45) is 0 Å². The molecule has 0 radical (unpaired) electrons. The van der Waals surface area contributed by atoms with Gasteiger partial charge in [0.25, 0.3) is 0 Å². The van der Waals surface area contributed by atoms with Gasteiger partial charge in [0.2, 0.25) is 11.7 Å². The normalized spacial score (nSPS) is 11.1. The van der Waals surface area contributed by atoms with E-state index in [1.807, 2.05) is 36.9 Å². The lowest BCUT2D eigenvalue weighted by molar-refractivity contribution is 0.364. The molecule has 3 aromatic rings. The van der Waals surface area contributed by atoms with Gasteiger partial charge in [0.05, 0.1) is 5.69 Å². The first-order chi connectivity index (χ1) is 9.11. The number of aromatic nitrogens is 5. The second-order valence-electron chi connectivity index (χ2n) is 4.39. The Morgan fingerprint density at radius 3 is 2.68 bits per heavy atom. The van der Waals surface area contributed by atoms with Crippen LogP contribution >= 0.6 is 11.3 Å². The molecule has 0 aromatic carbocycles. The Morgan fingerprint density at radius 1 is 1.21 bits per heavy atom. The molecule has 3 heterocycles. The molecule has 3 aromatic heterocycles. The molecule has 0 amide bonds. The van der Waals surface area contributed by atoms with Crippen molar-refractivity contribution in [3.63, 3.8) is 0 Å². The van der Waals surface area contributed by atoms with Crippen molar-refractivity contribution in [3.05, 3.63) is 34.4 Å². The Hall–Kier alpha value is -2.02. The van der Waals surface area contributed by atoms with Gasteiger partial charge in [0.15, 0.2) is 5.01 Å². The van der Waals surface area contributed by atoms with Gasteiger partial charge in [0.1, 0.15) is 6.54 Å².